The van der Waals surface area contributed by atoms with E-state index in [9.17, 15) is 0 Å². The number of fused-ring (bicyclic) bond motifs is 2. The second-order valence-electron chi connectivity index (χ2n) is 8.30. The molecule has 2 bridgehead atoms. The summed E-state index contributed by atoms with van der Waals surface area (Å²) in [6.07, 6.45) is 7.12. The summed E-state index contributed by atoms with van der Waals surface area (Å²) >= 11 is 0. The second-order valence-corrected chi connectivity index (χ2v) is 8.30. The van der Waals surface area contributed by atoms with Crippen LogP contribution in [0.15, 0.2) is 54.6 Å². The molecule has 1 nitrogen and oxygen atoms in total. The van der Waals surface area contributed by atoms with Crippen LogP contribution in [0.4, 0.5) is 0 Å². The van der Waals surface area contributed by atoms with Gasteiger partial charge in [-0.2, -0.15) is 0 Å². The molecular formula is C24H32ClN. The maximum atomic E-state index is 2.76. The topological polar surface area (TPSA) is 3.24 Å². The van der Waals surface area contributed by atoms with Gasteiger partial charge in [0.05, 0.1) is 0 Å². The number of hydrogen-bond acceptors (Lipinski definition) is 1. The molecule has 0 aromatic heterocycles. The lowest BCUT2D eigenvalue weighted by molar-refractivity contribution is 0.231. The van der Waals surface area contributed by atoms with Crippen molar-refractivity contribution in [1.29, 1.82) is 0 Å². The lowest BCUT2D eigenvalue weighted by Crippen LogP contribution is -2.31. The molecule has 2 heteroatoms. The van der Waals surface area contributed by atoms with E-state index in [1.807, 2.05) is 0 Å². The van der Waals surface area contributed by atoms with Gasteiger partial charge in [-0.1, -0.05) is 66.6 Å². The Balaban J connectivity index is 0.00000196. The zero-order valence-electron chi connectivity index (χ0n) is 15.9. The zero-order chi connectivity index (χ0) is 17.1. The lowest BCUT2D eigenvalue weighted by atomic mass is 9.88. The van der Waals surface area contributed by atoms with Crippen molar-refractivity contribution in [2.75, 3.05) is 19.6 Å². The smallest absolute Gasteiger partial charge is 0.0101 e. The van der Waals surface area contributed by atoms with E-state index in [-0.39, 0.29) is 12.4 Å². The van der Waals surface area contributed by atoms with Gasteiger partial charge >= 0.3 is 0 Å². The molecule has 140 valence electrons. The summed E-state index contributed by atoms with van der Waals surface area (Å²) in [5.41, 5.74) is 4.27. The molecule has 3 atom stereocenters. The molecule has 1 saturated heterocycles. The monoisotopic (exact) mass is 369 g/mol. The van der Waals surface area contributed by atoms with Crippen molar-refractivity contribution in [2.24, 2.45) is 11.8 Å². The molecule has 4 rings (SSSR count). The van der Waals surface area contributed by atoms with Gasteiger partial charge in [-0.05, 0) is 68.7 Å². The minimum atomic E-state index is 0. The molecule has 26 heavy (non-hydrogen) atoms. The number of halogens is 1. The van der Waals surface area contributed by atoms with E-state index in [4.69, 9.17) is 0 Å². The van der Waals surface area contributed by atoms with Crippen LogP contribution < -0.4 is 0 Å². The Kier molecular flexibility index (Phi) is 6.78. The van der Waals surface area contributed by atoms with E-state index < -0.39 is 0 Å². The third-order valence-corrected chi connectivity index (χ3v) is 6.44. The molecule has 1 heterocycles. The normalized spacial score (nSPS) is 23.9. The molecule has 0 amide bonds. The molecule has 2 aromatic carbocycles. The minimum absolute atomic E-state index is 0. The van der Waals surface area contributed by atoms with Gasteiger partial charge in [0.1, 0.15) is 0 Å². The Morgan fingerprint density at radius 1 is 0.885 bits per heavy atom. The first kappa shape index (κ1) is 19.5. The Morgan fingerprint density at radius 3 is 2.35 bits per heavy atom. The van der Waals surface area contributed by atoms with Crippen molar-refractivity contribution >= 4 is 12.4 Å². The number of likely N-dealkylation sites (tertiary alicyclic amines) is 1. The van der Waals surface area contributed by atoms with E-state index in [1.54, 1.807) is 0 Å². The van der Waals surface area contributed by atoms with Crippen molar-refractivity contribution in [2.45, 2.75) is 44.9 Å². The lowest BCUT2D eigenvalue weighted by Gasteiger charge is -2.27. The minimum Gasteiger partial charge on any atom is -0.303 e. The van der Waals surface area contributed by atoms with Crippen LogP contribution in [-0.2, 0) is 0 Å². The van der Waals surface area contributed by atoms with Gasteiger partial charge in [-0.15, -0.1) is 12.4 Å². The maximum absolute atomic E-state index is 2.76. The fourth-order valence-electron chi connectivity index (χ4n) is 4.95. The van der Waals surface area contributed by atoms with Crippen LogP contribution in [0.1, 0.15) is 54.7 Å². The molecule has 1 aliphatic carbocycles. The van der Waals surface area contributed by atoms with E-state index in [0.717, 1.165) is 11.8 Å². The first-order chi connectivity index (χ1) is 12.3. The van der Waals surface area contributed by atoms with Crippen molar-refractivity contribution in [3.8, 4) is 0 Å². The van der Waals surface area contributed by atoms with Crippen LogP contribution in [-0.4, -0.2) is 24.5 Å². The Bertz CT molecular complexity index is 666. The van der Waals surface area contributed by atoms with Crippen molar-refractivity contribution < 1.29 is 0 Å². The van der Waals surface area contributed by atoms with Crippen LogP contribution in [0.5, 0.6) is 0 Å². The molecule has 1 saturated carbocycles. The zero-order valence-corrected chi connectivity index (χ0v) is 16.8. The Labute approximate surface area is 165 Å². The summed E-state index contributed by atoms with van der Waals surface area (Å²) in [7, 11) is 0. The van der Waals surface area contributed by atoms with Crippen LogP contribution in [0.2, 0.25) is 0 Å². The van der Waals surface area contributed by atoms with E-state index >= 15 is 0 Å². The predicted octanol–water partition coefficient (Wildman–Crippen LogP) is 6.06. The summed E-state index contributed by atoms with van der Waals surface area (Å²) in [5, 5.41) is 0. The summed E-state index contributed by atoms with van der Waals surface area (Å²) in [4.78, 5) is 2.76. The van der Waals surface area contributed by atoms with Crippen molar-refractivity contribution in [1.82, 2.24) is 4.90 Å². The van der Waals surface area contributed by atoms with Gasteiger partial charge in [0.2, 0.25) is 0 Å². The number of aryl methyl sites for hydroxylation is 1. The van der Waals surface area contributed by atoms with Gasteiger partial charge in [-0.3, -0.25) is 0 Å². The molecular weight excluding hydrogens is 338 g/mol. The first-order valence-electron chi connectivity index (χ1n) is 10.1. The van der Waals surface area contributed by atoms with Gasteiger partial charge in [-0.25, -0.2) is 0 Å². The Morgan fingerprint density at radius 2 is 1.58 bits per heavy atom. The third kappa shape index (κ3) is 4.69. The maximum Gasteiger partial charge on any atom is 0.0101 e. The summed E-state index contributed by atoms with van der Waals surface area (Å²) < 4.78 is 0. The first-order valence-corrected chi connectivity index (χ1v) is 10.1. The highest BCUT2D eigenvalue weighted by Crippen LogP contribution is 2.37. The molecule has 2 aromatic rings. The largest absolute Gasteiger partial charge is 0.303 e. The van der Waals surface area contributed by atoms with E-state index in [0.29, 0.717) is 5.92 Å². The van der Waals surface area contributed by atoms with Gasteiger partial charge < -0.3 is 4.90 Å². The molecule has 2 aliphatic rings. The molecule has 2 fully saturated rings. The van der Waals surface area contributed by atoms with Crippen LogP contribution in [0.25, 0.3) is 0 Å². The second kappa shape index (κ2) is 9.06. The number of hydrogen-bond donors (Lipinski definition) is 0. The van der Waals surface area contributed by atoms with Gasteiger partial charge in [0, 0.05) is 12.5 Å². The van der Waals surface area contributed by atoms with Crippen molar-refractivity contribution in [3.63, 3.8) is 0 Å². The fraction of sp³-hybridized carbons (Fsp3) is 0.500. The molecule has 0 spiro atoms. The van der Waals surface area contributed by atoms with Crippen LogP contribution in [0, 0.1) is 18.8 Å². The highest BCUT2D eigenvalue weighted by atomic mass is 35.5. The highest BCUT2D eigenvalue weighted by molar-refractivity contribution is 5.85. The quantitative estimate of drug-likeness (QED) is 0.619. The number of nitrogens with zero attached hydrogens (tertiary/aromatic N) is 1. The van der Waals surface area contributed by atoms with Crippen molar-refractivity contribution in [3.05, 3.63) is 71.3 Å². The molecule has 0 N–H and O–H groups in total. The number of benzene rings is 2. The van der Waals surface area contributed by atoms with E-state index in [2.05, 4.69) is 66.4 Å². The van der Waals surface area contributed by atoms with E-state index in [1.165, 1.54) is 68.4 Å². The fourth-order valence-corrected chi connectivity index (χ4v) is 4.95. The third-order valence-electron chi connectivity index (χ3n) is 6.44. The average molecular weight is 370 g/mol. The standard InChI is InChI=1S/C24H31N.ClH/c1-19-7-11-23(12-8-19)24(22-5-3-2-4-6-22)14-16-25-15-13-20-9-10-21(17-20)18-25;/h2-8,11-12,20-21,24H,9-10,13-18H2,1H3;1H. The van der Waals surface area contributed by atoms with Crippen LogP contribution in [0.3, 0.4) is 0 Å². The Hall–Kier alpha value is -1.31. The molecule has 1 aliphatic heterocycles. The summed E-state index contributed by atoms with van der Waals surface area (Å²) in [6.45, 7) is 6.06. The highest BCUT2D eigenvalue weighted by Gasteiger charge is 2.30. The predicted molar refractivity (Wildman–Crippen MR) is 113 cm³/mol. The molecule has 0 radical (unpaired) electrons. The average Bonchev–Trinajstić information content (AvgIpc) is 2.98. The summed E-state index contributed by atoms with van der Waals surface area (Å²) in [5.74, 6) is 2.52. The van der Waals surface area contributed by atoms with Gasteiger partial charge in [0.25, 0.3) is 0 Å². The van der Waals surface area contributed by atoms with Gasteiger partial charge in [0.15, 0.2) is 0 Å². The molecule has 3 unspecified atom stereocenters. The van der Waals surface area contributed by atoms with Crippen LogP contribution >= 0.6 is 12.4 Å². The number of rotatable bonds is 5. The summed E-state index contributed by atoms with van der Waals surface area (Å²) in [6, 6.07) is 20.3. The SMILES string of the molecule is Cc1ccc(C(CCN2CCC3CCC(C3)C2)c2ccccc2)cc1.Cl.